The number of hydrogen-bond acceptors (Lipinski definition) is 3. The predicted molar refractivity (Wildman–Crippen MR) is 71.0 cm³/mol. The van der Waals surface area contributed by atoms with E-state index in [1.807, 2.05) is 0 Å². The van der Waals surface area contributed by atoms with Crippen LogP contribution in [0.1, 0.15) is 25.7 Å². The molecule has 2 bridgehead atoms. The monoisotopic (exact) mass is 283 g/mol. The van der Waals surface area contributed by atoms with Crippen LogP contribution in [-0.2, 0) is 9.59 Å². The predicted octanol–water partition coefficient (Wildman–Crippen LogP) is -0.0790. The van der Waals surface area contributed by atoms with E-state index in [1.54, 1.807) is 0 Å². The van der Waals surface area contributed by atoms with E-state index in [-0.39, 0.29) is 36.8 Å². The number of carbonyl (C=O) groups is 3. The average molecular weight is 283 g/mol. The standard InChI is InChI=1S/C13H21N3O4/c1-14-9(17)4-5-15-13(20)16-11-8-3-2-7(6-8)10(11)12(18)19/h7-8,10-11H,2-6H2,1H3,(H,14,17)(H,18,19)(H2,15,16,20). The van der Waals surface area contributed by atoms with Crippen LogP contribution in [-0.4, -0.2) is 42.6 Å². The number of fused-ring (bicyclic) bond motifs is 2. The maximum atomic E-state index is 11.8. The van der Waals surface area contributed by atoms with Crippen LogP contribution in [0.2, 0.25) is 0 Å². The molecule has 0 radical (unpaired) electrons. The third-order valence-corrected chi connectivity index (χ3v) is 4.42. The van der Waals surface area contributed by atoms with Crippen LogP contribution >= 0.6 is 0 Å². The molecule has 2 fully saturated rings. The van der Waals surface area contributed by atoms with Crippen molar-refractivity contribution in [1.29, 1.82) is 0 Å². The third-order valence-electron chi connectivity index (χ3n) is 4.42. The molecule has 2 rings (SSSR count). The molecule has 7 nitrogen and oxygen atoms in total. The first-order chi connectivity index (χ1) is 9.52. The van der Waals surface area contributed by atoms with Gasteiger partial charge in [-0.2, -0.15) is 0 Å². The summed E-state index contributed by atoms with van der Waals surface area (Å²) in [7, 11) is 1.54. The molecule has 2 aliphatic rings. The van der Waals surface area contributed by atoms with Gasteiger partial charge in [0.15, 0.2) is 0 Å². The second kappa shape index (κ2) is 6.11. The minimum Gasteiger partial charge on any atom is -0.481 e. The zero-order valence-electron chi connectivity index (χ0n) is 11.5. The third kappa shape index (κ3) is 3.02. The Morgan fingerprint density at radius 2 is 1.90 bits per heavy atom. The summed E-state index contributed by atoms with van der Waals surface area (Å²) in [5.41, 5.74) is 0. The number of carboxylic acid groups (broad SMARTS) is 1. The molecule has 0 saturated heterocycles. The van der Waals surface area contributed by atoms with Gasteiger partial charge in [0.1, 0.15) is 0 Å². The number of amides is 3. The Balaban J connectivity index is 1.81. The molecule has 20 heavy (non-hydrogen) atoms. The van der Waals surface area contributed by atoms with Crippen LogP contribution in [0.4, 0.5) is 4.79 Å². The molecule has 0 spiro atoms. The van der Waals surface area contributed by atoms with Crippen molar-refractivity contribution in [2.75, 3.05) is 13.6 Å². The highest BCUT2D eigenvalue weighted by atomic mass is 16.4. The second-order valence-corrected chi connectivity index (χ2v) is 5.55. The van der Waals surface area contributed by atoms with E-state index in [9.17, 15) is 19.5 Å². The zero-order chi connectivity index (χ0) is 14.7. The topological polar surface area (TPSA) is 108 Å². The van der Waals surface area contributed by atoms with Crippen LogP contribution in [0.15, 0.2) is 0 Å². The molecule has 0 heterocycles. The van der Waals surface area contributed by atoms with E-state index in [4.69, 9.17) is 0 Å². The molecule has 0 aromatic rings. The van der Waals surface area contributed by atoms with Crippen LogP contribution in [0, 0.1) is 17.8 Å². The quantitative estimate of drug-likeness (QED) is 0.566. The van der Waals surface area contributed by atoms with Crippen molar-refractivity contribution in [3.63, 3.8) is 0 Å². The first-order valence-corrected chi connectivity index (χ1v) is 7.00. The van der Waals surface area contributed by atoms with Gasteiger partial charge < -0.3 is 21.1 Å². The van der Waals surface area contributed by atoms with E-state index in [0.29, 0.717) is 0 Å². The molecule has 4 N–H and O–H groups in total. The lowest BCUT2D eigenvalue weighted by atomic mass is 9.84. The Morgan fingerprint density at radius 1 is 1.20 bits per heavy atom. The largest absolute Gasteiger partial charge is 0.481 e. The fourth-order valence-corrected chi connectivity index (χ4v) is 3.47. The van der Waals surface area contributed by atoms with Gasteiger partial charge in [-0.3, -0.25) is 9.59 Å². The van der Waals surface area contributed by atoms with E-state index in [2.05, 4.69) is 16.0 Å². The van der Waals surface area contributed by atoms with Crippen LogP contribution in [0.5, 0.6) is 0 Å². The summed E-state index contributed by atoms with van der Waals surface area (Å²) in [5, 5.41) is 17.1. The minimum absolute atomic E-state index is 0.145. The minimum atomic E-state index is -0.826. The first-order valence-electron chi connectivity index (χ1n) is 7.00. The first kappa shape index (κ1) is 14.6. The van der Waals surface area contributed by atoms with E-state index in [0.717, 1.165) is 19.3 Å². The Labute approximate surface area is 117 Å². The van der Waals surface area contributed by atoms with Crippen molar-refractivity contribution >= 4 is 17.9 Å². The molecule has 2 saturated carbocycles. The van der Waals surface area contributed by atoms with Gasteiger partial charge in [-0.15, -0.1) is 0 Å². The van der Waals surface area contributed by atoms with Crippen LogP contribution in [0.25, 0.3) is 0 Å². The molecular formula is C13H21N3O4. The number of rotatable bonds is 5. The SMILES string of the molecule is CNC(=O)CCNC(=O)NC1C2CCC(C2)C1C(=O)O. The summed E-state index contributed by atoms with van der Waals surface area (Å²) in [4.78, 5) is 34.1. The lowest BCUT2D eigenvalue weighted by Crippen LogP contribution is -2.50. The normalized spacial score (nSPS) is 30.9. The molecule has 0 aliphatic heterocycles. The number of nitrogens with one attached hydrogen (secondary N) is 3. The highest BCUT2D eigenvalue weighted by Gasteiger charge is 2.51. The maximum absolute atomic E-state index is 11.8. The van der Waals surface area contributed by atoms with Gasteiger partial charge in [-0.05, 0) is 31.1 Å². The Kier molecular flexibility index (Phi) is 4.46. The molecule has 4 atom stereocenters. The summed E-state index contributed by atoms with van der Waals surface area (Å²) in [6.45, 7) is 0.240. The van der Waals surface area contributed by atoms with Crippen LogP contribution in [0.3, 0.4) is 0 Å². The average Bonchev–Trinajstić information content (AvgIpc) is 2.98. The molecular weight excluding hydrogens is 262 g/mol. The van der Waals surface area contributed by atoms with Gasteiger partial charge in [0.25, 0.3) is 0 Å². The van der Waals surface area contributed by atoms with E-state index < -0.39 is 17.9 Å². The number of carboxylic acids is 1. The van der Waals surface area contributed by atoms with Gasteiger partial charge in [0, 0.05) is 26.1 Å². The van der Waals surface area contributed by atoms with E-state index in [1.165, 1.54) is 7.05 Å². The molecule has 7 heteroatoms. The molecule has 0 aromatic carbocycles. The summed E-state index contributed by atoms with van der Waals surface area (Å²) in [6.07, 6.45) is 3.03. The van der Waals surface area contributed by atoms with Gasteiger partial charge in [0.2, 0.25) is 5.91 Å². The van der Waals surface area contributed by atoms with Gasteiger partial charge in [-0.25, -0.2) is 4.79 Å². The molecule has 0 aromatic heterocycles. The van der Waals surface area contributed by atoms with Crippen LogP contribution < -0.4 is 16.0 Å². The summed E-state index contributed by atoms with van der Waals surface area (Å²) < 4.78 is 0. The maximum Gasteiger partial charge on any atom is 0.315 e. The Hall–Kier alpha value is -1.79. The second-order valence-electron chi connectivity index (χ2n) is 5.55. The zero-order valence-corrected chi connectivity index (χ0v) is 11.5. The van der Waals surface area contributed by atoms with Gasteiger partial charge in [-0.1, -0.05) is 0 Å². The Morgan fingerprint density at radius 3 is 2.55 bits per heavy atom. The van der Waals surface area contributed by atoms with Crippen molar-refractivity contribution in [1.82, 2.24) is 16.0 Å². The summed E-state index contributed by atoms with van der Waals surface area (Å²) >= 11 is 0. The molecule has 4 unspecified atom stereocenters. The Bertz CT molecular complexity index is 412. The fourth-order valence-electron chi connectivity index (χ4n) is 3.47. The van der Waals surface area contributed by atoms with Crippen molar-refractivity contribution in [2.24, 2.45) is 17.8 Å². The lowest BCUT2D eigenvalue weighted by molar-refractivity contribution is -0.144. The summed E-state index contributed by atoms with van der Waals surface area (Å²) in [5.74, 6) is -0.987. The highest BCUT2D eigenvalue weighted by Crippen LogP contribution is 2.48. The van der Waals surface area contributed by atoms with Crippen molar-refractivity contribution < 1.29 is 19.5 Å². The fraction of sp³-hybridized carbons (Fsp3) is 0.769. The van der Waals surface area contributed by atoms with Crippen molar-refractivity contribution in [3.05, 3.63) is 0 Å². The molecule has 2 aliphatic carbocycles. The van der Waals surface area contributed by atoms with Gasteiger partial charge >= 0.3 is 12.0 Å². The van der Waals surface area contributed by atoms with Crippen molar-refractivity contribution in [3.8, 4) is 0 Å². The number of hydrogen-bond donors (Lipinski definition) is 4. The van der Waals surface area contributed by atoms with Gasteiger partial charge in [0.05, 0.1) is 5.92 Å². The summed E-state index contributed by atoms with van der Waals surface area (Å²) in [6, 6.07) is -0.677. The number of urea groups is 1. The van der Waals surface area contributed by atoms with E-state index >= 15 is 0 Å². The lowest BCUT2D eigenvalue weighted by Gasteiger charge is -2.28. The molecule has 3 amide bonds. The number of aliphatic carboxylic acids is 1. The number of carbonyl (C=O) groups excluding carboxylic acids is 2. The molecule has 112 valence electrons. The van der Waals surface area contributed by atoms with Crippen molar-refractivity contribution in [2.45, 2.75) is 31.7 Å². The highest BCUT2D eigenvalue weighted by molar-refractivity contribution is 5.79. The smallest absolute Gasteiger partial charge is 0.315 e.